The van der Waals surface area contributed by atoms with Gasteiger partial charge in [-0.1, -0.05) is 62.0 Å². The largest absolute Gasteiger partial charge is 0.458 e. The van der Waals surface area contributed by atoms with Crippen LogP contribution >= 0.6 is 0 Å². The van der Waals surface area contributed by atoms with Gasteiger partial charge in [0.15, 0.2) is 0 Å². The van der Waals surface area contributed by atoms with Crippen molar-refractivity contribution in [3.05, 3.63) is 81.9 Å². The van der Waals surface area contributed by atoms with Crippen molar-refractivity contribution in [3.8, 4) is 23.7 Å². The van der Waals surface area contributed by atoms with E-state index >= 15 is 0 Å². The first-order valence-electron chi connectivity index (χ1n) is 12.4. The van der Waals surface area contributed by atoms with Crippen molar-refractivity contribution in [1.82, 2.24) is 0 Å². The molecule has 0 aliphatic heterocycles. The van der Waals surface area contributed by atoms with Crippen LogP contribution in [0.5, 0.6) is 0 Å². The molecule has 1 atom stereocenters. The first-order valence-corrected chi connectivity index (χ1v) is 12.4. The summed E-state index contributed by atoms with van der Waals surface area (Å²) < 4.78 is 66.0. The van der Waals surface area contributed by atoms with Gasteiger partial charge in [-0.3, -0.25) is 0 Å². The van der Waals surface area contributed by atoms with Crippen LogP contribution in [0.2, 0.25) is 0 Å². The molecule has 5 heteroatoms. The highest BCUT2D eigenvalue weighted by Gasteiger charge is 2.27. The summed E-state index contributed by atoms with van der Waals surface area (Å²) in [6, 6.07) is 11.8. The Morgan fingerprint density at radius 3 is 2.19 bits per heavy atom. The summed E-state index contributed by atoms with van der Waals surface area (Å²) in [5.41, 5.74) is 3.33. The fourth-order valence-electron chi connectivity index (χ4n) is 5.67. The molecule has 0 aromatic heterocycles. The molecule has 5 rings (SSSR count). The molecule has 0 radical (unpaired) electrons. The van der Waals surface area contributed by atoms with Gasteiger partial charge < -0.3 is 0 Å². The Balaban J connectivity index is 1.36. The number of aryl methyl sites for hydroxylation is 1. The Morgan fingerprint density at radius 2 is 1.44 bits per heavy atom. The van der Waals surface area contributed by atoms with Gasteiger partial charge in [0.1, 0.15) is 11.6 Å². The van der Waals surface area contributed by atoms with Gasteiger partial charge >= 0.3 is 6.18 Å². The molecule has 36 heavy (non-hydrogen) atoms. The highest BCUT2D eigenvalue weighted by atomic mass is 19.4. The number of alkyl halides is 3. The van der Waals surface area contributed by atoms with Crippen molar-refractivity contribution in [2.75, 3.05) is 0 Å². The van der Waals surface area contributed by atoms with Crippen LogP contribution in [0.3, 0.4) is 0 Å². The van der Waals surface area contributed by atoms with Gasteiger partial charge in [0.2, 0.25) is 0 Å². The Labute approximate surface area is 207 Å². The average Bonchev–Trinajstić information content (AvgIpc) is 2.86. The third-order valence-corrected chi connectivity index (χ3v) is 7.50. The fraction of sp³-hybridized carbons (Fsp3) is 0.355. The van der Waals surface area contributed by atoms with Crippen LogP contribution in [0.1, 0.15) is 66.3 Å². The van der Waals surface area contributed by atoms with E-state index in [4.69, 9.17) is 0 Å². The summed E-state index contributed by atoms with van der Waals surface area (Å²) in [5.74, 6) is 8.08. The standard InChI is InChI=1S/C31H25F5/c32-29-19-26-17-21(9-13-27(26)30(33)28(29)14-15-31(34,35)36)7-6-20-8-10-25-18-24(12-11-23(25)16-20)22-4-2-1-3-5-22/h8-10,13,16-17,19,22,24H,1-5,11-12,18H2. The van der Waals surface area contributed by atoms with Gasteiger partial charge in [-0.2, -0.15) is 13.2 Å². The third-order valence-electron chi connectivity index (χ3n) is 7.50. The van der Waals surface area contributed by atoms with E-state index in [1.165, 1.54) is 61.8 Å². The maximum Gasteiger partial charge on any atom is 0.458 e. The molecule has 0 nitrogen and oxygen atoms in total. The smallest absolute Gasteiger partial charge is 0.205 e. The molecule has 1 unspecified atom stereocenters. The number of hydrogen-bond acceptors (Lipinski definition) is 0. The maximum absolute atomic E-state index is 14.6. The normalized spacial score (nSPS) is 18.1. The molecular weight excluding hydrogens is 467 g/mol. The summed E-state index contributed by atoms with van der Waals surface area (Å²) in [6.07, 6.45) is 5.45. The second-order valence-electron chi connectivity index (χ2n) is 9.87. The zero-order chi connectivity index (χ0) is 25.3. The van der Waals surface area contributed by atoms with Gasteiger partial charge in [-0.15, -0.1) is 0 Å². The second kappa shape index (κ2) is 9.98. The highest BCUT2D eigenvalue weighted by molar-refractivity contribution is 5.86. The van der Waals surface area contributed by atoms with Crippen LogP contribution < -0.4 is 0 Å². The topological polar surface area (TPSA) is 0 Å². The number of benzene rings is 3. The lowest BCUT2D eigenvalue weighted by Gasteiger charge is -2.34. The first-order chi connectivity index (χ1) is 17.3. The molecule has 0 N–H and O–H groups in total. The molecule has 184 valence electrons. The SMILES string of the molecule is Fc1cc2cc(C#Cc3ccc4c(c3)CCC(C3CCCCC3)C4)ccc2c(F)c1C#CC(F)(F)F. The quantitative estimate of drug-likeness (QED) is 0.238. The molecule has 0 amide bonds. The molecule has 3 aromatic carbocycles. The van der Waals surface area contributed by atoms with Crippen molar-refractivity contribution in [3.63, 3.8) is 0 Å². The molecule has 0 heterocycles. The Morgan fingerprint density at radius 1 is 0.722 bits per heavy atom. The van der Waals surface area contributed by atoms with Gasteiger partial charge in [0, 0.05) is 22.4 Å². The Bertz CT molecular complexity index is 1420. The van der Waals surface area contributed by atoms with Gasteiger partial charge in [0.05, 0.1) is 5.56 Å². The molecule has 0 saturated heterocycles. The lowest BCUT2D eigenvalue weighted by atomic mass is 9.71. The van der Waals surface area contributed by atoms with Gasteiger partial charge in [-0.05, 0) is 77.9 Å². The summed E-state index contributed by atoms with van der Waals surface area (Å²) in [7, 11) is 0. The summed E-state index contributed by atoms with van der Waals surface area (Å²) in [4.78, 5) is 0. The maximum atomic E-state index is 14.6. The predicted molar refractivity (Wildman–Crippen MR) is 131 cm³/mol. The van der Waals surface area contributed by atoms with Crippen molar-refractivity contribution < 1.29 is 22.0 Å². The van der Waals surface area contributed by atoms with Crippen LogP contribution in [0, 0.1) is 47.2 Å². The van der Waals surface area contributed by atoms with E-state index in [1.807, 2.05) is 6.07 Å². The summed E-state index contributed by atoms with van der Waals surface area (Å²) in [5, 5.41) is 0.211. The minimum atomic E-state index is -4.83. The summed E-state index contributed by atoms with van der Waals surface area (Å²) in [6.45, 7) is 0. The zero-order valence-electron chi connectivity index (χ0n) is 19.7. The Hall–Kier alpha value is -3.31. The molecule has 3 aromatic rings. The second-order valence-corrected chi connectivity index (χ2v) is 9.87. The van der Waals surface area contributed by atoms with Crippen molar-refractivity contribution in [2.24, 2.45) is 11.8 Å². The minimum Gasteiger partial charge on any atom is -0.205 e. The average molecular weight is 493 g/mol. The van der Waals surface area contributed by atoms with E-state index in [2.05, 4.69) is 24.0 Å². The molecule has 1 saturated carbocycles. The molecular formula is C31H25F5. The summed E-state index contributed by atoms with van der Waals surface area (Å²) >= 11 is 0. The lowest BCUT2D eigenvalue weighted by molar-refractivity contribution is -0.0696. The van der Waals surface area contributed by atoms with Gasteiger partial charge in [0.25, 0.3) is 0 Å². The lowest BCUT2D eigenvalue weighted by Crippen LogP contribution is -2.24. The van der Waals surface area contributed by atoms with Crippen molar-refractivity contribution in [2.45, 2.75) is 57.5 Å². The number of rotatable bonds is 1. The molecule has 2 aliphatic carbocycles. The minimum absolute atomic E-state index is 0.00488. The number of fused-ring (bicyclic) bond motifs is 2. The van der Waals surface area contributed by atoms with E-state index in [1.54, 1.807) is 12.0 Å². The molecule has 0 bridgehead atoms. The first kappa shape index (κ1) is 24.4. The van der Waals surface area contributed by atoms with E-state index in [0.29, 0.717) is 5.56 Å². The molecule has 0 spiro atoms. The van der Waals surface area contributed by atoms with Crippen LogP contribution in [-0.2, 0) is 12.8 Å². The third kappa shape index (κ3) is 5.41. The van der Waals surface area contributed by atoms with E-state index in [0.717, 1.165) is 42.2 Å². The van der Waals surface area contributed by atoms with Gasteiger partial charge in [-0.25, -0.2) is 8.78 Å². The van der Waals surface area contributed by atoms with Crippen molar-refractivity contribution >= 4 is 10.8 Å². The highest BCUT2D eigenvalue weighted by Crippen LogP contribution is 2.38. The van der Waals surface area contributed by atoms with Crippen LogP contribution in [-0.4, -0.2) is 6.18 Å². The number of halogens is 5. The monoisotopic (exact) mass is 492 g/mol. The van der Waals surface area contributed by atoms with Crippen LogP contribution in [0.15, 0.2) is 42.5 Å². The van der Waals surface area contributed by atoms with Crippen LogP contribution in [0.25, 0.3) is 10.8 Å². The zero-order valence-corrected chi connectivity index (χ0v) is 19.7. The predicted octanol–water partition coefficient (Wildman–Crippen LogP) is 8.12. The molecule has 1 fully saturated rings. The Kier molecular flexibility index (Phi) is 6.76. The van der Waals surface area contributed by atoms with E-state index < -0.39 is 23.4 Å². The number of hydrogen-bond donors (Lipinski definition) is 0. The molecule has 2 aliphatic rings. The van der Waals surface area contributed by atoms with Crippen molar-refractivity contribution in [1.29, 1.82) is 0 Å². The van der Waals surface area contributed by atoms with E-state index in [9.17, 15) is 22.0 Å². The van der Waals surface area contributed by atoms with E-state index in [-0.39, 0.29) is 10.8 Å². The van der Waals surface area contributed by atoms with Crippen LogP contribution in [0.4, 0.5) is 22.0 Å². The fourth-order valence-corrected chi connectivity index (χ4v) is 5.67.